The van der Waals surface area contributed by atoms with Gasteiger partial charge >= 0.3 is 0 Å². The van der Waals surface area contributed by atoms with Crippen molar-refractivity contribution < 1.29 is 19.2 Å². The van der Waals surface area contributed by atoms with Crippen LogP contribution in [0.1, 0.15) is 11.1 Å². The lowest BCUT2D eigenvalue weighted by Gasteiger charge is -2.28. The third kappa shape index (κ3) is 5.52. The van der Waals surface area contributed by atoms with Gasteiger partial charge in [0, 0.05) is 24.7 Å². The first kappa shape index (κ1) is 20.3. The molecule has 0 aromatic heterocycles. The van der Waals surface area contributed by atoms with Crippen molar-refractivity contribution in [2.24, 2.45) is 5.10 Å². The molecule has 1 aliphatic rings. The molecular weight excluding hydrogens is 376 g/mol. The van der Waals surface area contributed by atoms with Crippen molar-refractivity contribution in [1.29, 1.82) is 0 Å². The maximum absolute atomic E-state index is 12.0. The van der Waals surface area contributed by atoms with Crippen LogP contribution >= 0.6 is 0 Å². The number of benzene rings is 2. The molecule has 1 fully saturated rings. The summed E-state index contributed by atoms with van der Waals surface area (Å²) in [5, 5.41) is 15.4. The second-order valence-corrected chi connectivity index (χ2v) is 6.43. The molecule has 0 spiro atoms. The number of hydrogen-bond acceptors (Lipinski definition) is 7. The summed E-state index contributed by atoms with van der Waals surface area (Å²) in [6.45, 7) is 2.29. The molecule has 1 heterocycles. The molecule has 1 amide bonds. The average molecular weight is 398 g/mol. The third-order valence-corrected chi connectivity index (χ3v) is 4.45. The molecule has 0 bridgehead atoms. The van der Waals surface area contributed by atoms with Gasteiger partial charge in [0.25, 0.3) is 5.69 Å². The Morgan fingerprint density at radius 2 is 2.10 bits per heavy atom. The van der Waals surface area contributed by atoms with Crippen LogP contribution in [0, 0.1) is 10.1 Å². The zero-order chi connectivity index (χ0) is 20.6. The summed E-state index contributed by atoms with van der Waals surface area (Å²) in [7, 11) is 1.56. The summed E-state index contributed by atoms with van der Waals surface area (Å²) in [4.78, 5) is 25.0. The molecule has 9 nitrogen and oxygen atoms in total. The fourth-order valence-corrected chi connectivity index (χ4v) is 3.02. The molecule has 0 unspecified atom stereocenters. The smallest absolute Gasteiger partial charge is 0.293 e. The van der Waals surface area contributed by atoms with Crippen molar-refractivity contribution in [2.75, 3.05) is 38.3 Å². The summed E-state index contributed by atoms with van der Waals surface area (Å²) in [5.41, 5.74) is 4.31. The summed E-state index contributed by atoms with van der Waals surface area (Å²) < 4.78 is 10.4. The first-order chi connectivity index (χ1) is 14.1. The van der Waals surface area contributed by atoms with E-state index in [-0.39, 0.29) is 18.0 Å². The molecule has 2 aromatic rings. The molecule has 1 N–H and O–H groups in total. The Labute approximate surface area is 168 Å². The Bertz CT molecular complexity index is 909. The summed E-state index contributed by atoms with van der Waals surface area (Å²) >= 11 is 0. The van der Waals surface area contributed by atoms with E-state index in [0.717, 1.165) is 5.56 Å². The molecule has 0 atom stereocenters. The highest BCUT2D eigenvalue weighted by Gasteiger charge is 2.21. The highest BCUT2D eigenvalue weighted by molar-refractivity contribution is 5.85. The van der Waals surface area contributed by atoms with E-state index < -0.39 is 4.92 Å². The fourth-order valence-electron chi connectivity index (χ4n) is 3.02. The van der Waals surface area contributed by atoms with Gasteiger partial charge in [-0.2, -0.15) is 5.10 Å². The number of ether oxygens (including phenoxy) is 2. The molecule has 0 saturated carbocycles. The maximum atomic E-state index is 12.0. The van der Waals surface area contributed by atoms with Gasteiger partial charge in [-0.25, -0.2) is 5.43 Å². The van der Waals surface area contributed by atoms with Gasteiger partial charge < -0.3 is 14.4 Å². The van der Waals surface area contributed by atoms with Crippen LogP contribution in [0.4, 0.5) is 11.4 Å². The van der Waals surface area contributed by atoms with Crippen molar-refractivity contribution in [1.82, 2.24) is 5.43 Å². The van der Waals surface area contributed by atoms with Crippen molar-refractivity contribution in [3.8, 4) is 5.75 Å². The number of morpholine rings is 1. The van der Waals surface area contributed by atoms with Crippen LogP contribution in [0.25, 0.3) is 0 Å². The molecule has 0 radical (unpaired) electrons. The number of carbonyl (C=O) groups is 1. The largest absolute Gasteiger partial charge is 0.497 e. The van der Waals surface area contributed by atoms with E-state index in [0.29, 0.717) is 43.3 Å². The quantitative estimate of drug-likeness (QED) is 0.435. The van der Waals surface area contributed by atoms with Gasteiger partial charge in [-0.1, -0.05) is 18.2 Å². The van der Waals surface area contributed by atoms with Gasteiger partial charge in [-0.15, -0.1) is 0 Å². The van der Waals surface area contributed by atoms with E-state index in [9.17, 15) is 14.9 Å². The normalized spacial score (nSPS) is 14.0. The minimum absolute atomic E-state index is 0.00134. The SMILES string of the molecule is COc1cccc(CC(=O)N/N=C/c2ccc(N3CCOCC3)c([N+](=O)[O-])c2)c1. The van der Waals surface area contributed by atoms with E-state index in [1.165, 1.54) is 12.3 Å². The molecule has 0 aliphatic carbocycles. The van der Waals surface area contributed by atoms with Gasteiger partial charge in [0.2, 0.25) is 5.91 Å². The minimum atomic E-state index is -0.413. The van der Waals surface area contributed by atoms with Crippen LogP contribution in [0.3, 0.4) is 0 Å². The van der Waals surface area contributed by atoms with E-state index in [4.69, 9.17) is 9.47 Å². The number of hydrogen-bond donors (Lipinski definition) is 1. The van der Waals surface area contributed by atoms with E-state index >= 15 is 0 Å². The number of amides is 1. The number of nitrogens with one attached hydrogen (secondary N) is 1. The van der Waals surface area contributed by atoms with Crippen LogP contribution in [-0.2, 0) is 16.0 Å². The van der Waals surface area contributed by atoms with Gasteiger partial charge in [-0.3, -0.25) is 14.9 Å². The lowest BCUT2D eigenvalue weighted by atomic mass is 10.1. The predicted molar refractivity (Wildman–Crippen MR) is 109 cm³/mol. The van der Waals surface area contributed by atoms with Crippen LogP contribution < -0.4 is 15.1 Å². The number of methoxy groups -OCH3 is 1. The number of nitro groups is 1. The number of hydrazone groups is 1. The van der Waals surface area contributed by atoms with Crippen LogP contribution in [0.2, 0.25) is 0 Å². The Morgan fingerprint density at radius 1 is 1.31 bits per heavy atom. The van der Waals surface area contributed by atoms with Gasteiger partial charge in [-0.05, 0) is 23.8 Å². The molecular formula is C20H22N4O5. The average Bonchev–Trinajstić information content (AvgIpc) is 2.74. The number of carbonyl (C=O) groups excluding carboxylic acids is 1. The molecule has 9 heteroatoms. The predicted octanol–water partition coefficient (Wildman–Crippen LogP) is 2.13. The second-order valence-electron chi connectivity index (χ2n) is 6.43. The van der Waals surface area contributed by atoms with Crippen LogP contribution in [0.5, 0.6) is 5.75 Å². The monoisotopic (exact) mass is 398 g/mol. The lowest BCUT2D eigenvalue weighted by molar-refractivity contribution is -0.384. The van der Waals surface area contributed by atoms with Crippen molar-refractivity contribution in [3.05, 3.63) is 63.7 Å². The third-order valence-electron chi connectivity index (χ3n) is 4.45. The fraction of sp³-hybridized carbons (Fsp3) is 0.300. The van der Waals surface area contributed by atoms with Crippen molar-refractivity contribution in [2.45, 2.75) is 6.42 Å². The van der Waals surface area contributed by atoms with E-state index in [2.05, 4.69) is 10.5 Å². The zero-order valence-electron chi connectivity index (χ0n) is 16.0. The Morgan fingerprint density at radius 3 is 2.83 bits per heavy atom. The van der Waals surface area contributed by atoms with Gasteiger partial charge in [0.1, 0.15) is 11.4 Å². The Kier molecular flexibility index (Phi) is 6.75. The number of nitro benzene ring substituents is 1. The topological polar surface area (TPSA) is 106 Å². The van der Waals surface area contributed by atoms with E-state index in [1.54, 1.807) is 37.4 Å². The van der Waals surface area contributed by atoms with Gasteiger partial charge in [0.05, 0.1) is 37.9 Å². The Hall–Kier alpha value is -3.46. The standard InChI is InChI=1S/C20H22N4O5/c1-28-17-4-2-3-15(11-17)13-20(25)22-21-14-16-5-6-18(19(12-16)24(26)27)23-7-9-29-10-8-23/h2-6,11-12,14H,7-10,13H2,1H3,(H,22,25)/b21-14+. The number of rotatable bonds is 7. The van der Waals surface area contributed by atoms with Crippen molar-refractivity contribution >= 4 is 23.5 Å². The lowest BCUT2D eigenvalue weighted by Crippen LogP contribution is -2.36. The number of nitrogens with zero attached hydrogens (tertiary/aromatic N) is 3. The molecule has 2 aromatic carbocycles. The summed E-state index contributed by atoms with van der Waals surface area (Å²) in [6, 6.07) is 12.1. The first-order valence-corrected chi connectivity index (χ1v) is 9.13. The molecule has 1 aliphatic heterocycles. The summed E-state index contributed by atoms with van der Waals surface area (Å²) in [6.07, 6.45) is 1.53. The molecule has 1 saturated heterocycles. The number of anilines is 1. The van der Waals surface area contributed by atoms with Crippen LogP contribution in [0.15, 0.2) is 47.6 Å². The highest BCUT2D eigenvalue weighted by atomic mass is 16.6. The first-order valence-electron chi connectivity index (χ1n) is 9.13. The van der Waals surface area contributed by atoms with Crippen LogP contribution in [-0.4, -0.2) is 50.5 Å². The van der Waals surface area contributed by atoms with Gasteiger partial charge in [0.15, 0.2) is 0 Å². The molecule has 29 heavy (non-hydrogen) atoms. The minimum Gasteiger partial charge on any atom is -0.497 e. The highest BCUT2D eigenvalue weighted by Crippen LogP contribution is 2.29. The molecule has 3 rings (SSSR count). The van der Waals surface area contributed by atoms with Crippen molar-refractivity contribution in [3.63, 3.8) is 0 Å². The summed E-state index contributed by atoms with van der Waals surface area (Å²) in [5.74, 6) is 0.375. The Balaban J connectivity index is 1.64. The molecule has 152 valence electrons. The maximum Gasteiger partial charge on any atom is 0.293 e. The van der Waals surface area contributed by atoms with E-state index in [1.807, 2.05) is 11.0 Å². The second kappa shape index (κ2) is 9.65. The zero-order valence-corrected chi connectivity index (χ0v) is 16.0.